The number of ether oxygens (including phenoxy) is 1. The van der Waals surface area contributed by atoms with Crippen molar-refractivity contribution in [3.63, 3.8) is 0 Å². The number of benzene rings is 1. The fourth-order valence-corrected chi connectivity index (χ4v) is 2.80. The highest BCUT2D eigenvalue weighted by molar-refractivity contribution is 5.85. The lowest BCUT2D eigenvalue weighted by Gasteiger charge is -2.26. The highest BCUT2D eigenvalue weighted by Crippen LogP contribution is 2.17. The number of carbonyl (C=O) groups excluding carboxylic acids is 1. The maximum Gasteiger partial charge on any atom is 0.237 e. The molecule has 1 fully saturated rings. The average molecular weight is 378 g/mol. The Bertz CT molecular complexity index is 494. The first-order valence-corrected chi connectivity index (χ1v) is 7.90. The second-order valence-corrected chi connectivity index (χ2v) is 6.25. The van der Waals surface area contributed by atoms with Crippen LogP contribution in [0.5, 0.6) is 0 Å². The van der Waals surface area contributed by atoms with Crippen LogP contribution < -0.4 is 11.1 Å². The fourth-order valence-electron chi connectivity index (χ4n) is 2.80. The molecule has 1 heterocycles. The smallest absolute Gasteiger partial charge is 0.237 e. The van der Waals surface area contributed by atoms with Crippen molar-refractivity contribution in [3.8, 4) is 0 Å². The number of carbonyl (C=O) groups is 1. The molecule has 24 heavy (non-hydrogen) atoms. The Hall–Kier alpha value is -0.850. The van der Waals surface area contributed by atoms with Crippen LogP contribution in [0.25, 0.3) is 0 Å². The molecule has 1 unspecified atom stereocenters. The van der Waals surface area contributed by atoms with Crippen molar-refractivity contribution in [1.82, 2.24) is 10.2 Å². The van der Waals surface area contributed by atoms with Crippen LogP contribution in [0.3, 0.4) is 0 Å². The van der Waals surface area contributed by atoms with Crippen molar-refractivity contribution < 1.29 is 9.53 Å². The minimum absolute atomic E-state index is 0. The molecule has 0 saturated carbocycles. The number of hydrogen-bond acceptors (Lipinski definition) is 4. The SMILES string of the molecule is CN(C)Cc1cccc(CNC(=O)C(N)C2CCOCC2)c1.Cl.Cl. The summed E-state index contributed by atoms with van der Waals surface area (Å²) < 4.78 is 5.31. The molecule has 0 radical (unpaired) electrons. The molecule has 1 atom stereocenters. The first kappa shape index (κ1) is 23.1. The third-order valence-corrected chi connectivity index (χ3v) is 4.03. The molecule has 1 aliphatic heterocycles. The van der Waals surface area contributed by atoms with E-state index < -0.39 is 6.04 Å². The third kappa shape index (κ3) is 7.36. The van der Waals surface area contributed by atoms with Gasteiger partial charge in [0, 0.05) is 26.3 Å². The van der Waals surface area contributed by atoms with Gasteiger partial charge in [-0.05, 0) is 44.0 Å². The summed E-state index contributed by atoms with van der Waals surface area (Å²) in [6, 6.07) is 7.84. The van der Waals surface area contributed by atoms with E-state index in [1.807, 2.05) is 26.2 Å². The van der Waals surface area contributed by atoms with Gasteiger partial charge >= 0.3 is 0 Å². The zero-order chi connectivity index (χ0) is 15.9. The van der Waals surface area contributed by atoms with Crippen molar-refractivity contribution in [2.75, 3.05) is 27.3 Å². The molecule has 3 N–H and O–H groups in total. The summed E-state index contributed by atoms with van der Waals surface area (Å²) in [5, 5.41) is 2.96. The summed E-state index contributed by atoms with van der Waals surface area (Å²) in [7, 11) is 4.09. The van der Waals surface area contributed by atoms with Gasteiger partial charge in [-0.15, -0.1) is 24.8 Å². The molecule has 1 saturated heterocycles. The van der Waals surface area contributed by atoms with E-state index in [-0.39, 0.29) is 36.6 Å². The molecular weight excluding hydrogens is 349 g/mol. The molecule has 0 bridgehead atoms. The molecule has 0 spiro atoms. The largest absolute Gasteiger partial charge is 0.381 e. The average Bonchev–Trinajstić information content (AvgIpc) is 2.52. The van der Waals surface area contributed by atoms with Crippen LogP contribution in [-0.2, 0) is 22.6 Å². The molecule has 1 aromatic carbocycles. The first-order chi connectivity index (χ1) is 10.6. The molecule has 0 aliphatic carbocycles. The van der Waals surface area contributed by atoms with E-state index in [2.05, 4.69) is 22.3 Å². The number of hydrogen-bond donors (Lipinski definition) is 2. The van der Waals surface area contributed by atoms with E-state index in [9.17, 15) is 4.79 Å². The number of halogens is 2. The maximum atomic E-state index is 12.2. The van der Waals surface area contributed by atoms with Gasteiger partial charge in [-0.3, -0.25) is 4.79 Å². The zero-order valence-corrected chi connectivity index (χ0v) is 16.0. The monoisotopic (exact) mass is 377 g/mol. The molecule has 1 aliphatic rings. The van der Waals surface area contributed by atoms with Gasteiger partial charge in [0.25, 0.3) is 0 Å². The minimum Gasteiger partial charge on any atom is -0.381 e. The van der Waals surface area contributed by atoms with Gasteiger partial charge in [0.15, 0.2) is 0 Å². The van der Waals surface area contributed by atoms with Crippen LogP contribution in [0.1, 0.15) is 24.0 Å². The summed E-state index contributed by atoms with van der Waals surface area (Å²) in [5.74, 6) is 0.165. The third-order valence-electron chi connectivity index (χ3n) is 4.03. The van der Waals surface area contributed by atoms with Gasteiger partial charge in [0.05, 0.1) is 6.04 Å². The van der Waals surface area contributed by atoms with E-state index in [0.717, 1.165) is 24.9 Å². The Balaban J connectivity index is 0.00000264. The van der Waals surface area contributed by atoms with Crippen molar-refractivity contribution in [1.29, 1.82) is 0 Å². The number of nitrogens with one attached hydrogen (secondary N) is 1. The summed E-state index contributed by atoms with van der Waals surface area (Å²) >= 11 is 0. The van der Waals surface area contributed by atoms with E-state index in [1.165, 1.54) is 5.56 Å². The van der Waals surface area contributed by atoms with Crippen LogP contribution in [0.2, 0.25) is 0 Å². The van der Waals surface area contributed by atoms with E-state index in [1.54, 1.807) is 0 Å². The second-order valence-electron chi connectivity index (χ2n) is 6.25. The summed E-state index contributed by atoms with van der Waals surface area (Å²) in [5.41, 5.74) is 8.42. The highest BCUT2D eigenvalue weighted by atomic mass is 35.5. The van der Waals surface area contributed by atoms with Crippen molar-refractivity contribution in [2.24, 2.45) is 11.7 Å². The van der Waals surface area contributed by atoms with Gasteiger partial charge < -0.3 is 20.7 Å². The van der Waals surface area contributed by atoms with E-state index >= 15 is 0 Å². The zero-order valence-electron chi connectivity index (χ0n) is 14.4. The molecule has 1 amide bonds. The summed E-state index contributed by atoms with van der Waals surface area (Å²) in [6.07, 6.45) is 1.74. The lowest BCUT2D eigenvalue weighted by atomic mass is 9.92. The van der Waals surface area contributed by atoms with Crippen LogP contribution in [0.4, 0.5) is 0 Å². The van der Waals surface area contributed by atoms with Crippen LogP contribution in [0.15, 0.2) is 24.3 Å². The standard InChI is InChI=1S/C17H27N3O2.2ClH/c1-20(2)12-14-5-3-4-13(10-14)11-19-17(21)16(18)15-6-8-22-9-7-15;;/h3-5,10,15-16H,6-9,11-12,18H2,1-2H3,(H,19,21);2*1H. The van der Waals surface area contributed by atoms with E-state index in [4.69, 9.17) is 10.5 Å². The topological polar surface area (TPSA) is 67.6 Å². The van der Waals surface area contributed by atoms with Gasteiger partial charge in [0.1, 0.15) is 0 Å². The molecular formula is C17H29Cl2N3O2. The first-order valence-electron chi connectivity index (χ1n) is 7.90. The Morgan fingerprint density at radius 3 is 2.54 bits per heavy atom. The fraction of sp³-hybridized carbons (Fsp3) is 0.588. The molecule has 1 aromatic rings. The number of nitrogens with two attached hydrogens (primary N) is 1. The van der Waals surface area contributed by atoms with Crippen LogP contribution in [-0.4, -0.2) is 44.2 Å². The highest BCUT2D eigenvalue weighted by Gasteiger charge is 2.26. The van der Waals surface area contributed by atoms with Crippen molar-refractivity contribution in [3.05, 3.63) is 35.4 Å². The van der Waals surface area contributed by atoms with Gasteiger partial charge in [-0.25, -0.2) is 0 Å². The molecule has 0 aromatic heterocycles. The van der Waals surface area contributed by atoms with Crippen molar-refractivity contribution >= 4 is 30.7 Å². The Labute approximate surface area is 157 Å². The molecule has 2 rings (SSSR count). The summed E-state index contributed by atoms with van der Waals surface area (Å²) in [6.45, 7) is 2.83. The van der Waals surface area contributed by atoms with Gasteiger partial charge in [0.2, 0.25) is 5.91 Å². The molecule has 7 heteroatoms. The maximum absolute atomic E-state index is 12.2. The Morgan fingerprint density at radius 1 is 1.29 bits per heavy atom. The van der Waals surface area contributed by atoms with Crippen LogP contribution >= 0.6 is 24.8 Å². The normalized spacial score (nSPS) is 16.0. The number of rotatable bonds is 6. The molecule has 5 nitrogen and oxygen atoms in total. The van der Waals surface area contributed by atoms with E-state index in [0.29, 0.717) is 19.8 Å². The number of nitrogens with zero attached hydrogens (tertiary/aromatic N) is 1. The quantitative estimate of drug-likeness (QED) is 0.794. The predicted octanol–water partition coefficient (Wildman–Crippen LogP) is 1.96. The second kappa shape index (κ2) is 11.7. The minimum atomic E-state index is -0.436. The predicted molar refractivity (Wildman–Crippen MR) is 102 cm³/mol. The van der Waals surface area contributed by atoms with Gasteiger partial charge in [-0.1, -0.05) is 24.3 Å². The van der Waals surface area contributed by atoms with Crippen molar-refractivity contribution in [2.45, 2.75) is 32.0 Å². The number of amides is 1. The summed E-state index contributed by atoms with van der Waals surface area (Å²) in [4.78, 5) is 14.3. The Kier molecular flexibility index (Phi) is 11.2. The lowest BCUT2D eigenvalue weighted by Crippen LogP contribution is -2.46. The lowest BCUT2D eigenvalue weighted by molar-refractivity contribution is -0.124. The molecule has 138 valence electrons. The van der Waals surface area contributed by atoms with Gasteiger partial charge in [-0.2, -0.15) is 0 Å². The van der Waals surface area contributed by atoms with Crippen LogP contribution in [0, 0.1) is 5.92 Å². The Morgan fingerprint density at radius 2 is 1.92 bits per heavy atom.